The van der Waals surface area contributed by atoms with Crippen molar-refractivity contribution < 1.29 is 0 Å². The lowest BCUT2D eigenvalue weighted by Crippen LogP contribution is -1.85. The van der Waals surface area contributed by atoms with Gasteiger partial charge in [-0.1, -0.05) is 13.0 Å². The highest BCUT2D eigenvalue weighted by molar-refractivity contribution is 5.74. The summed E-state index contributed by atoms with van der Waals surface area (Å²) in [5.41, 5.74) is 3.14. The van der Waals surface area contributed by atoms with Gasteiger partial charge in [0, 0.05) is 12.4 Å². The summed E-state index contributed by atoms with van der Waals surface area (Å²) >= 11 is 0. The number of nitrogens with zero attached hydrogens (tertiary/aromatic N) is 2. The van der Waals surface area contributed by atoms with Crippen LogP contribution in [0.4, 0.5) is 0 Å². The Bertz CT molecular complexity index is 410. The van der Waals surface area contributed by atoms with Gasteiger partial charge in [-0.25, -0.2) is 0 Å². The maximum atomic E-state index is 4.24. The maximum Gasteiger partial charge on any atom is 0.0889 e. The Labute approximate surface area is 77.6 Å². The molecule has 1 heterocycles. The number of rotatable bonds is 2. The molecule has 0 saturated heterocycles. The van der Waals surface area contributed by atoms with Gasteiger partial charge in [-0.2, -0.15) is 0 Å². The van der Waals surface area contributed by atoms with Crippen LogP contribution >= 0.6 is 0 Å². The van der Waals surface area contributed by atoms with E-state index in [1.54, 1.807) is 12.4 Å². The van der Waals surface area contributed by atoms with Crippen molar-refractivity contribution in [1.82, 2.24) is 9.97 Å². The van der Waals surface area contributed by atoms with Crippen molar-refractivity contribution >= 4 is 11.0 Å². The van der Waals surface area contributed by atoms with Gasteiger partial charge in [-0.05, 0) is 30.5 Å². The zero-order valence-corrected chi connectivity index (χ0v) is 7.57. The molecular formula is C11H11N2. The first-order valence-electron chi connectivity index (χ1n) is 4.44. The molecule has 0 saturated carbocycles. The molecule has 1 aromatic heterocycles. The van der Waals surface area contributed by atoms with Crippen LogP contribution < -0.4 is 0 Å². The molecule has 0 atom stereocenters. The van der Waals surface area contributed by atoms with Crippen LogP contribution in [0.25, 0.3) is 11.0 Å². The van der Waals surface area contributed by atoms with Gasteiger partial charge >= 0.3 is 0 Å². The summed E-state index contributed by atoms with van der Waals surface area (Å²) in [6.45, 7) is 2.13. The minimum atomic E-state index is 0.954. The number of hydrogen-bond donors (Lipinski definition) is 0. The number of benzene rings is 1. The predicted molar refractivity (Wildman–Crippen MR) is 53.2 cm³/mol. The molecule has 0 aliphatic carbocycles. The smallest absolute Gasteiger partial charge is 0.0889 e. The van der Waals surface area contributed by atoms with E-state index in [2.05, 4.69) is 35.4 Å². The molecular weight excluding hydrogens is 160 g/mol. The zero-order chi connectivity index (χ0) is 9.10. The molecule has 0 N–H and O–H groups in total. The number of aromatic nitrogens is 2. The normalized spacial score (nSPS) is 10.5. The van der Waals surface area contributed by atoms with Crippen LogP contribution in [0, 0.1) is 6.42 Å². The van der Waals surface area contributed by atoms with Gasteiger partial charge in [0.25, 0.3) is 0 Å². The summed E-state index contributed by atoms with van der Waals surface area (Å²) < 4.78 is 0. The first-order valence-corrected chi connectivity index (χ1v) is 4.44. The lowest BCUT2D eigenvalue weighted by Gasteiger charge is -1.99. The van der Waals surface area contributed by atoms with Gasteiger partial charge in [0.15, 0.2) is 0 Å². The SMILES string of the molecule is CC[CH]c1ccc2nccnc2c1. The Morgan fingerprint density at radius 1 is 1.15 bits per heavy atom. The second-order valence-electron chi connectivity index (χ2n) is 2.92. The third-order valence-electron chi connectivity index (χ3n) is 1.93. The highest BCUT2D eigenvalue weighted by atomic mass is 14.8. The molecule has 2 nitrogen and oxygen atoms in total. The third-order valence-corrected chi connectivity index (χ3v) is 1.93. The lowest BCUT2D eigenvalue weighted by atomic mass is 10.1. The molecule has 1 aromatic carbocycles. The molecule has 1 radical (unpaired) electrons. The molecule has 0 aliphatic heterocycles. The van der Waals surface area contributed by atoms with Crippen molar-refractivity contribution in [2.24, 2.45) is 0 Å². The van der Waals surface area contributed by atoms with Gasteiger partial charge in [0.2, 0.25) is 0 Å². The molecule has 0 bridgehead atoms. The first kappa shape index (κ1) is 8.17. The van der Waals surface area contributed by atoms with Crippen LogP contribution in [0.15, 0.2) is 30.6 Å². The van der Waals surface area contributed by atoms with Crippen LogP contribution in [0.1, 0.15) is 18.9 Å². The van der Waals surface area contributed by atoms with Crippen molar-refractivity contribution in [2.45, 2.75) is 13.3 Å². The molecule has 0 aliphatic rings. The van der Waals surface area contributed by atoms with Crippen molar-refractivity contribution in [3.63, 3.8) is 0 Å². The summed E-state index contributed by atoms with van der Waals surface area (Å²) in [7, 11) is 0. The van der Waals surface area contributed by atoms with E-state index in [4.69, 9.17) is 0 Å². The standard InChI is InChI=1S/C11H11N2/c1-2-3-9-4-5-10-11(8-9)13-7-6-12-10/h3-8H,2H2,1H3. The van der Waals surface area contributed by atoms with Gasteiger partial charge < -0.3 is 0 Å². The Morgan fingerprint density at radius 3 is 2.69 bits per heavy atom. The average Bonchev–Trinajstić information content (AvgIpc) is 2.18. The molecule has 0 unspecified atom stereocenters. The molecule has 2 aromatic rings. The van der Waals surface area contributed by atoms with Crippen molar-refractivity contribution in [2.75, 3.05) is 0 Å². The van der Waals surface area contributed by atoms with E-state index in [1.807, 2.05) is 6.07 Å². The monoisotopic (exact) mass is 171 g/mol. The van der Waals surface area contributed by atoms with E-state index >= 15 is 0 Å². The number of fused-ring (bicyclic) bond motifs is 1. The first-order chi connectivity index (χ1) is 6.40. The predicted octanol–water partition coefficient (Wildman–Crippen LogP) is 2.59. The minimum Gasteiger partial charge on any atom is -0.253 e. The van der Waals surface area contributed by atoms with Gasteiger partial charge in [-0.3, -0.25) is 9.97 Å². The van der Waals surface area contributed by atoms with Crippen LogP contribution in [0.3, 0.4) is 0 Å². The second-order valence-corrected chi connectivity index (χ2v) is 2.92. The number of hydrogen-bond acceptors (Lipinski definition) is 2. The van der Waals surface area contributed by atoms with Crippen LogP contribution in [-0.4, -0.2) is 9.97 Å². The van der Waals surface area contributed by atoms with Crippen LogP contribution in [0.5, 0.6) is 0 Å². The maximum absolute atomic E-state index is 4.24. The summed E-state index contributed by atoms with van der Waals surface area (Å²) in [5.74, 6) is 0. The fraction of sp³-hybridized carbons (Fsp3) is 0.182. The molecule has 2 heteroatoms. The Morgan fingerprint density at radius 2 is 1.92 bits per heavy atom. The van der Waals surface area contributed by atoms with E-state index < -0.39 is 0 Å². The highest BCUT2D eigenvalue weighted by Crippen LogP contribution is 2.12. The Hall–Kier alpha value is -1.44. The largest absolute Gasteiger partial charge is 0.253 e. The summed E-state index contributed by atoms with van der Waals surface area (Å²) in [6, 6.07) is 6.14. The molecule has 0 fully saturated rings. The van der Waals surface area contributed by atoms with E-state index in [0.29, 0.717) is 0 Å². The van der Waals surface area contributed by atoms with E-state index in [9.17, 15) is 0 Å². The van der Waals surface area contributed by atoms with Gasteiger partial charge in [0.1, 0.15) is 0 Å². The summed E-state index contributed by atoms with van der Waals surface area (Å²) in [4.78, 5) is 8.45. The third kappa shape index (κ3) is 1.66. The fourth-order valence-electron chi connectivity index (χ4n) is 1.34. The van der Waals surface area contributed by atoms with Crippen LogP contribution in [-0.2, 0) is 0 Å². The van der Waals surface area contributed by atoms with E-state index in [-0.39, 0.29) is 0 Å². The van der Waals surface area contributed by atoms with Crippen molar-refractivity contribution in [1.29, 1.82) is 0 Å². The minimum absolute atomic E-state index is 0.954. The van der Waals surface area contributed by atoms with Crippen molar-refractivity contribution in [3.8, 4) is 0 Å². The second kappa shape index (κ2) is 3.52. The van der Waals surface area contributed by atoms with E-state index in [1.165, 1.54) is 5.56 Å². The molecule has 0 amide bonds. The van der Waals surface area contributed by atoms with Gasteiger partial charge in [0.05, 0.1) is 11.0 Å². The summed E-state index contributed by atoms with van der Waals surface area (Å²) in [6.07, 6.45) is 6.66. The van der Waals surface area contributed by atoms with Crippen LogP contribution in [0.2, 0.25) is 0 Å². The van der Waals surface area contributed by atoms with E-state index in [0.717, 1.165) is 17.5 Å². The average molecular weight is 171 g/mol. The zero-order valence-electron chi connectivity index (χ0n) is 7.57. The highest BCUT2D eigenvalue weighted by Gasteiger charge is 1.96. The Kier molecular flexibility index (Phi) is 2.21. The van der Waals surface area contributed by atoms with Gasteiger partial charge in [-0.15, -0.1) is 0 Å². The quantitative estimate of drug-likeness (QED) is 0.694. The van der Waals surface area contributed by atoms with Crippen molar-refractivity contribution in [3.05, 3.63) is 42.6 Å². The lowest BCUT2D eigenvalue weighted by molar-refractivity contribution is 1.12. The fourth-order valence-corrected chi connectivity index (χ4v) is 1.34. The molecule has 0 spiro atoms. The molecule has 65 valence electrons. The topological polar surface area (TPSA) is 25.8 Å². The summed E-state index contributed by atoms with van der Waals surface area (Å²) in [5, 5.41) is 0. The Balaban J connectivity index is 2.49. The molecule has 13 heavy (non-hydrogen) atoms. The molecule has 2 rings (SSSR count).